The predicted molar refractivity (Wildman–Crippen MR) is 113 cm³/mol. The van der Waals surface area contributed by atoms with Gasteiger partial charge in [0.05, 0.1) is 11.4 Å². The number of carbonyl (C=O) groups excluding carboxylic acids is 1. The maximum Gasteiger partial charge on any atom is 0.258 e. The Balaban J connectivity index is 2.24. The van der Waals surface area contributed by atoms with Gasteiger partial charge in [0.1, 0.15) is 16.7 Å². The zero-order valence-electron chi connectivity index (χ0n) is 16.7. The summed E-state index contributed by atoms with van der Waals surface area (Å²) in [5.41, 5.74) is 1.46. The summed E-state index contributed by atoms with van der Waals surface area (Å²) in [5, 5.41) is 9.22. The monoisotopic (exact) mass is 473 g/mol. The van der Waals surface area contributed by atoms with Gasteiger partial charge in [-0.05, 0) is 43.4 Å². The van der Waals surface area contributed by atoms with Crippen molar-refractivity contribution in [2.24, 2.45) is 0 Å². The van der Waals surface area contributed by atoms with Crippen LogP contribution in [0.1, 0.15) is 0 Å². The second-order valence-corrected chi connectivity index (χ2v) is 8.39. The normalized spacial score (nSPS) is 12.1. The molecule has 11 heteroatoms. The Bertz CT molecular complexity index is 924. The number of rotatable bonds is 11. The second kappa shape index (κ2) is 11.9. The zero-order valence-corrected chi connectivity index (χ0v) is 18.3. The molecule has 0 fully saturated rings. The Hall–Kier alpha value is -2.37. The summed E-state index contributed by atoms with van der Waals surface area (Å²) in [6, 6.07) is 7.65. The third-order valence-electron chi connectivity index (χ3n) is 4.06. The van der Waals surface area contributed by atoms with Gasteiger partial charge in [-0.1, -0.05) is 17.7 Å². The van der Waals surface area contributed by atoms with Crippen molar-refractivity contribution in [3.63, 3.8) is 0 Å². The number of ether oxygens (including phenoxy) is 1. The van der Waals surface area contributed by atoms with Crippen molar-refractivity contribution >= 4 is 28.5 Å². The van der Waals surface area contributed by atoms with E-state index >= 15 is 0 Å². The van der Waals surface area contributed by atoms with Gasteiger partial charge >= 0.3 is 0 Å². The van der Waals surface area contributed by atoms with Crippen LogP contribution in [0.3, 0.4) is 0 Å². The van der Waals surface area contributed by atoms with E-state index in [1.165, 1.54) is 34.1 Å². The first kappa shape index (κ1) is 24.9. The third kappa shape index (κ3) is 7.37. The third-order valence-corrected chi connectivity index (χ3v) is 5.73. The molecule has 0 saturated carbocycles. The SMILES string of the molecule is C=CCN(C)CCN(CC(=O)NO)S(=O)c1cc(F)c(Oc2ccc(Cl)cc2)c(F)c1. The Morgan fingerprint density at radius 2 is 1.87 bits per heavy atom. The van der Waals surface area contributed by atoms with Crippen molar-refractivity contribution in [2.75, 3.05) is 33.2 Å². The molecule has 0 aliphatic heterocycles. The van der Waals surface area contributed by atoms with Crippen LogP contribution in [0.5, 0.6) is 11.5 Å². The van der Waals surface area contributed by atoms with Crippen LogP contribution in [-0.4, -0.2) is 57.8 Å². The number of hydrogen-bond donors (Lipinski definition) is 2. The fraction of sp³-hybridized carbons (Fsp3) is 0.250. The van der Waals surface area contributed by atoms with Gasteiger partial charge in [-0.25, -0.2) is 22.8 Å². The molecule has 2 N–H and O–H groups in total. The van der Waals surface area contributed by atoms with Gasteiger partial charge in [0.15, 0.2) is 17.4 Å². The van der Waals surface area contributed by atoms with Crippen LogP contribution in [0.2, 0.25) is 5.02 Å². The van der Waals surface area contributed by atoms with Crippen molar-refractivity contribution in [1.29, 1.82) is 0 Å². The van der Waals surface area contributed by atoms with Crippen LogP contribution >= 0.6 is 11.6 Å². The van der Waals surface area contributed by atoms with Crippen LogP contribution in [-0.2, 0) is 15.8 Å². The first-order valence-corrected chi connectivity index (χ1v) is 10.5. The molecule has 0 aliphatic rings. The maximum atomic E-state index is 14.6. The van der Waals surface area contributed by atoms with Gasteiger partial charge in [0.2, 0.25) is 0 Å². The Morgan fingerprint density at radius 3 is 2.42 bits per heavy atom. The number of amides is 1. The van der Waals surface area contributed by atoms with Crippen molar-refractivity contribution < 1.29 is 27.7 Å². The quantitative estimate of drug-likeness (QED) is 0.297. The van der Waals surface area contributed by atoms with Crippen LogP contribution in [0.25, 0.3) is 0 Å². The molecule has 31 heavy (non-hydrogen) atoms. The number of hydroxylamine groups is 1. The molecule has 1 amide bonds. The maximum absolute atomic E-state index is 14.6. The summed E-state index contributed by atoms with van der Waals surface area (Å²) >= 11 is 5.78. The van der Waals surface area contributed by atoms with E-state index in [0.717, 1.165) is 12.1 Å². The second-order valence-electron chi connectivity index (χ2n) is 6.47. The van der Waals surface area contributed by atoms with E-state index in [4.69, 9.17) is 21.5 Å². The van der Waals surface area contributed by atoms with Gasteiger partial charge in [-0.3, -0.25) is 10.0 Å². The standard InChI is InChI=1S/C20H22ClF2N3O4S/c1-3-8-25(2)9-10-26(13-19(27)24-28)31(29)16-11-17(22)20(18(23)12-16)30-15-6-4-14(21)5-7-15/h3-7,11-12,28H,1,8-10,13H2,2H3,(H,24,27). The Morgan fingerprint density at radius 1 is 1.26 bits per heavy atom. The molecule has 1 atom stereocenters. The average Bonchev–Trinajstić information content (AvgIpc) is 2.74. The smallest absolute Gasteiger partial charge is 0.258 e. The Kier molecular flexibility index (Phi) is 9.53. The van der Waals surface area contributed by atoms with E-state index < -0.39 is 40.8 Å². The highest BCUT2D eigenvalue weighted by molar-refractivity contribution is 7.82. The summed E-state index contributed by atoms with van der Waals surface area (Å²) in [5.74, 6) is -3.43. The van der Waals surface area contributed by atoms with Crippen LogP contribution < -0.4 is 10.2 Å². The van der Waals surface area contributed by atoms with Crippen LogP contribution in [0.4, 0.5) is 8.78 Å². The number of nitrogens with one attached hydrogen (secondary N) is 1. The van der Waals surface area contributed by atoms with E-state index in [1.54, 1.807) is 13.1 Å². The Labute approximate surface area is 186 Å². The lowest BCUT2D eigenvalue weighted by Crippen LogP contribution is -2.41. The molecule has 0 heterocycles. The van der Waals surface area contributed by atoms with Crippen molar-refractivity contribution in [2.45, 2.75) is 4.90 Å². The summed E-state index contributed by atoms with van der Waals surface area (Å²) < 4.78 is 48.5. The first-order valence-electron chi connectivity index (χ1n) is 9.06. The van der Waals surface area contributed by atoms with E-state index in [-0.39, 0.29) is 17.2 Å². The highest BCUT2D eigenvalue weighted by Crippen LogP contribution is 2.30. The molecule has 1 unspecified atom stereocenters. The summed E-state index contributed by atoms with van der Waals surface area (Å²) in [6.45, 7) is 4.23. The zero-order chi connectivity index (χ0) is 23.0. The summed E-state index contributed by atoms with van der Waals surface area (Å²) in [4.78, 5) is 13.2. The van der Waals surface area contributed by atoms with Gasteiger partial charge < -0.3 is 9.64 Å². The molecule has 2 aromatic rings. The highest BCUT2D eigenvalue weighted by atomic mass is 35.5. The molecule has 0 saturated heterocycles. The number of carbonyl (C=O) groups is 1. The first-order chi connectivity index (χ1) is 14.7. The molecule has 0 radical (unpaired) electrons. The lowest BCUT2D eigenvalue weighted by Gasteiger charge is -2.23. The topological polar surface area (TPSA) is 82.1 Å². The number of nitrogens with zero attached hydrogens (tertiary/aromatic N) is 2. The van der Waals surface area contributed by atoms with E-state index in [0.29, 0.717) is 18.1 Å². The van der Waals surface area contributed by atoms with Gasteiger partial charge in [0.25, 0.3) is 5.91 Å². The highest BCUT2D eigenvalue weighted by Gasteiger charge is 2.23. The number of hydrogen-bond acceptors (Lipinski definition) is 5. The van der Waals surface area contributed by atoms with Gasteiger partial charge in [-0.2, -0.15) is 0 Å². The number of benzene rings is 2. The van der Waals surface area contributed by atoms with Crippen molar-refractivity contribution in [3.8, 4) is 11.5 Å². The lowest BCUT2D eigenvalue weighted by molar-refractivity contribution is -0.129. The van der Waals surface area contributed by atoms with Gasteiger partial charge in [0, 0.05) is 24.7 Å². The van der Waals surface area contributed by atoms with Crippen molar-refractivity contribution in [3.05, 3.63) is 65.7 Å². The number of halogens is 3. The minimum atomic E-state index is -2.09. The fourth-order valence-corrected chi connectivity index (χ4v) is 3.83. The van der Waals surface area contributed by atoms with E-state index in [9.17, 15) is 17.8 Å². The molecule has 2 aromatic carbocycles. The van der Waals surface area contributed by atoms with Crippen LogP contribution in [0.15, 0.2) is 53.9 Å². The largest absolute Gasteiger partial charge is 0.451 e. The average molecular weight is 474 g/mol. The van der Waals surface area contributed by atoms with Crippen LogP contribution in [0, 0.1) is 11.6 Å². The molecule has 0 spiro atoms. The summed E-state index contributed by atoms with van der Waals surface area (Å²) in [6.07, 6.45) is 1.67. The van der Waals surface area contributed by atoms with Crippen molar-refractivity contribution in [1.82, 2.24) is 14.7 Å². The molecular formula is C20H22ClF2N3O4S. The summed E-state index contributed by atoms with van der Waals surface area (Å²) in [7, 11) is -0.297. The molecular weight excluding hydrogens is 452 g/mol. The lowest BCUT2D eigenvalue weighted by atomic mass is 10.3. The fourth-order valence-electron chi connectivity index (χ4n) is 2.51. The molecule has 0 bridgehead atoms. The minimum Gasteiger partial charge on any atom is -0.451 e. The molecule has 2 rings (SSSR count). The molecule has 0 aliphatic carbocycles. The number of likely N-dealkylation sites (N-methyl/N-ethyl adjacent to an activating group) is 1. The molecule has 7 nitrogen and oxygen atoms in total. The van der Waals surface area contributed by atoms with E-state index in [1.807, 2.05) is 4.90 Å². The molecule has 168 valence electrons. The van der Waals surface area contributed by atoms with E-state index in [2.05, 4.69) is 6.58 Å². The molecule has 0 aromatic heterocycles. The predicted octanol–water partition coefficient (Wildman–Crippen LogP) is 3.36. The van der Waals surface area contributed by atoms with Gasteiger partial charge in [-0.15, -0.1) is 6.58 Å². The minimum absolute atomic E-state index is 0.122.